The molecule has 1 N–H and O–H groups in total. The highest BCUT2D eigenvalue weighted by Crippen LogP contribution is 2.29. The molecule has 0 saturated carbocycles. The minimum atomic E-state index is -0.577. The monoisotopic (exact) mass is 503 g/mol. The van der Waals surface area contributed by atoms with Gasteiger partial charge in [-0.25, -0.2) is 9.78 Å². The largest absolute Gasteiger partial charge is 0.452 e. The summed E-state index contributed by atoms with van der Waals surface area (Å²) in [6.45, 7) is 0.941. The fourth-order valence-corrected chi connectivity index (χ4v) is 4.90. The number of carbonyl (C=O) groups is 2. The van der Waals surface area contributed by atoms with Crippen LogP contribution in [0.15, 0.2) is 53.9 Å². The van der Waals surface area contributed by atoms with Crippen molar-refractivity contribution in [2.75, 3.05) is 25.5 Å². The third-order valence-corrected chi connectivity index (χ3v) is 6.64. The van der Waals surface area contributed by atoms with Crippen molar-refractivity contribution < 1.29 is 19.2 Å². The lowest BCUT2D eigenvalue weighted by molar-refractivity contribution is -0.384. The van der Waals surface area contributed by atoms with Gasteiger partial charge < -0.3 is 9.64 Å². The zero-order valence-electron chi connectivity index (χ0n) is 19.3. The van der Waals surface area contributed by atoms with E-state index in [0.29, 0.717) is 39.4 Å². The highest BCUT2D eigenvalue weighted by molar-refractivity contribution is 7.14. The van der Waals surface area contributed by atoms with Gasteiger partial charge in [0.25, 0.3) is 11.6 Å². The molecule has 1 amide bonds. The van der Waals surface area contributed by atoms with Crippen LogP contribution in [-0.4, -0.2) is 51.9 Å². The number of aromatic nitrogens is 2. The quantitative estimate of drug-likeness (QED) is 0.237. The fourth-order valence-electron chi connectivity index (χ4n) is 4.16. The Bertz CT molecular complexity index is 1500. The molecular weight excluding hydrogens is 482 g/mol. The second kappa shape index (κ2) is 9.80. The maximum atomic E-state index is 13.2. The number of ether oxygens (including phenoxy) is 1. The van der Waals surface area contributed by atoms with Crippen LogP contribution >= 0.6 is 11.3 Å². The number of nitro benzene ring substituents is 1. The standard InChI is InChI=1S/C25H21N5O5S/c1-29-10-9-20-18(12-29)23(17-7-2-3-8-19(17)26-20)24(32)35-13-22(31)28-25-27-21(14-36-25)15-5-4-6-16(11-15)30(33)34/h2-8,11,14H,9-10,12-13H2,1H3,(H,27,28,31). The smallest absolute Gasteiger partial charge is 0.339 e. The predicted molar refractivity (Wildman–Crippen MR) is 135 cm³/mol. The Labute approximate surface area is 209 Å². The van der Waals surface area contributed by atoms with Crippen LogP contribution in [0, 0.1) is 10.1 Å². The molecule has 2 aromatic carbocycles. The molecule has 36 heavy (non-hydrogen) atoms. The number of anilines is 1. The van der Waals surface area contributed by atoms with Crippen LogP contribution in [0.25, 0.3) is 22.2 Å². The van der Waals surface area contributed by atoms with E-state index in [-0.39, 0.29) is 5.69 Å². The van der Waals surface area contributed by atoms with Gasteiger partial charge in [-0.1, -0.05) is 30.3 Å². The zero-order chi connectivity index (χ0) is 25.2. The van der Waals surface area contributed by atoms with E-state index in [2.05, 4.69) is 15.2 Å². The van der Waals surface area contributed by atoms with Gasteiger partial charge in [0.05, 0.1) is 21.7 Å². The number of rotatable bonds is 6. The summed E-state index contributed by atoms with van der Waals surface area (Å²) in [5, 5.41) is 16.3. The van der Waals surface area contributed by atoms with E-state index in [1.807, 2.05) is 31.3 Å². The molecule has 4 aromatic rings. The van der Waals surface area contributed by atoms with E-state index in [9.17, 15) is 19.7 Å². The number of hydrogen-bond donors (Lipinski definition) is 1. The Hall–Kier alpha value is -4.22. The first-order chi connectivity index (χ1) is 17.4. The number of nitro groups is 1. The van der Waals surface area contributed by atoms with E-state index in [4.69, 9.17) is 9.72 Å². The average molecular weight is 504 g/mol. The van der Waals surface area contributed by atoms with Gasteiger partial charge in [-0.15, -0.1) is 11.3 Å². The number of nitrogens with one attached hydrogen (secondary N) is 1. The van der Waals surface area contributed by atoms with Gasteiger partial charge in [-0.2, -0.15) is 0 Å². The molecule has 1 aliphatic heterocycles. The van der Waals surface area contributed by atoms with Crippen molar-refractivity contribution in [3.8, 4) is 11.3 Å². The van der Waals surface area contributed by atoms with Crippen LogP contribution in [0.4, 0.5) is 10.8 Å². The van der Waals surface area contributed by atoms with Gasteiger partial charge in [0.1, 0.15) is 0 Å². The van der Waals surface area contributed by atoms with E-state index in [1.54, 1.807) is 17.5 Å². The number of nitrogens with zero attached hydrogens (tertiary/aromatic N) is 4. The number of carbonyl (C=O) groups excluding carboxylic acids is 2. The summed E-state index contributed by atoms with van der Waals surface area (Å²) in [6, 6.07) is 13.5. The van der Waals surface area contributed by atoms with Gasteiger partial charge in [0, 0.05) is 59.2 Å². The van der Waals surface area contributed by atoms with Gasteiger partial charge >= 0.3 is 5.97 Å². The second-order valence-electron chi connectivity index (χ2n) is 8.39. The van der Waals surface area contributed by atoms with Crippen LogP contribution in [0.1, 0.15) is 21.6 Å². The lowest BCUT2D eigenvalue weighted by atomic mass is 9.96. The molecule has 0 spiro atoms. The number of esters is 1. The molecule has 0 unspecified atom stereocenters. The minimum Gasteiger partial charge on any atom is -0.452 e. The number of likely N-dealkylation sites (N-methyl/N-ethyl adjacent to an activating group) is 1. The first-order valence-corrected chi connectivity index (χ1v) is 12.0. The van der Waals surface area contributed by atoms with Crippen LogP contribution in [0.3, 0.4) is 0 Å². The summed E-state index contributed by atoms with van der Waals surface area (Å²) in [4.78, 5) is 47.4. The summed E-state index contributed by atoms with van der Waals surface area (Å²) in [6.07, 6.45) is 0.731. The fraction of sp³-hybridized carbons (Fsp3) is 0.200. The Morgan fingerprint density at radius 3 is 2.86 bits per heavy atom. The second-order valence-corrected chi connectivity index (χ2v) is 9.24. The first-order valence-electron chi connectivity index (χ1n) is 11.2. The molecule has 0 saturated heterocycles. The molecule has 2 aromatic heterocycles. The van der Waals surface area contributed by atoms with Crippen molar-refractivity contribution in [3.05, 3.63) is 80.8 Å². The van der Waals surface area contributed by atoms with E-state index in [0.717, 1.165) is 24.2 Å². The zero-order valence-corrected chi connectivity index (χ0v) is 20.1. The molecule has 0 radical (unpaired) electrons. The van der Waals surface area contributed by atoms with Crippen molar-refractivity contribution >= 4 is 44.9 Å². The SMILES string of the molecule is CN1CCc2nc3ccccc3c(C(=O)OCC(=O)Nc3nc(-c4cccc([N+](=O)[O-])c4)cs3)c2C1. The number of thiazole rings is 1. The molecule has 0 atom stereocenters. The van der Waals surface area contributed by atoms with Crippen molar-refractivity contribution in [2.24, 2.45) is 0 Å². The molecule has 5 rings (SSSR count). The topological polar surface area (TPSA) is 128 Å². The lowest BCUT2D eigenvalue weighted by Crippen LogP contribution is -2.30. The number of benzene rings is 2. The Balaban J connectivity index is 1.29. The van der Waals surface area contributed by atoms with E-state index < -0.39 is 23.4 Å². The van der Waals surface area contributed by atoms with Crippen LogP contribution in [0.5, 0.6) is 0 Å². The number of non-ortho nitro benzene ring substituents is 1. The Morgan fingerprint density at radius 1 is 1.19 bits per heavy atom. The molecule has 0 aliphatic carbocycles. The first kappa shape index (κ1) is 23.5. The maximum Gasteiger partial charge on any atom is 0.339 e. The summed E-state index contributed by atoms with van der Waals surface area (Å²) in [5.41, 5.74) is 3.87. The molecule has 0 fully saturated rings. The number of hydrogen-bond acceptors (Lipinski definition) is 9. The van der Waals surface area contributed by atoms with Gasteiger partial charge in [0.15, 0.2) is 11.7 Å². The summed E-state index contributed by atoms with van der Waals surface area (Å²) >= 11 is 1.17. The summed E-state index contributed by atoms with van der Waals surface area (Å²) in [5.74, 6) is -1.11. The van der Waals surface area contributed by atoms with Crippen molar-refractivity contribution in [3.63, 3.8) is 0 Å². The highest BCUT2D eigenvalue weighted by Gasteiger charge is 2.26. The van der Waals surface area contributed by atoms with Crippen LogP contribution in [0.2, 0.25) is 0 Å². The van der Waals surface area contributed by atoms with Crippen LogP contribution < -0.4 is 5.32 Å². The van der Waals surface area contributed by atoms with Crippen molar-refractivity contribution in [1.29, 1.82) is 0 Å². The molecule has 182 valence electrons. The molecule has 10 nitrogen and oxygen atoms in total. The van der Waals surface area contributed by atoms with Crippen molar-refractivity contribution in [1.82, 2.24) is 14.9 Å². The minimum absolute atomic E-state index is 0.0463. The number of amides is 1. The molecule has 11 heteroatoms. The summed E-state index contributed by atoms with van der Waals surface area (Å²) < 4.78 is 5.41. The number of fused-ring (bicyclic) bond motifs is 2. The molecule has 1 aliphatic rings. The molecule has 0 bridgehead atoms. The third-order valence-electron chi connectivity index (χ3n) is 5.88. The molecular formula is C25H21N5O5S. The molecule has 3 heterocycles. The van der Waals surface area contributed by atoms with Gasteiger partial charge in [-0.3, -0.25) is 25.2 Å². The van der Waals surface area contributed by atoms with E-state index >= 15 is 0 Å². The van der Waals surface area contributed by atoms with E-state index in [1.165, 1.54) is 23.5 Å². The van der Waals surface area contributed by atoms with Gasteiger partial charge in [-0.05, 0) is 13.1 Å². The average Bonchev–Trinajstić information content (AvgIpc) is 3.34. The Kier molecular flexibility index (Phi) is 6.40. The van der Waals surface area contributed by atoms with Crippen LogP contribution in [-0.2, 0) is 22.5 Å². The Morgan fingerprint density at radius 2 is 2.03 bits per heavy atom. The lowest BCUT2D eigenvalue weighted by Gasteiger charge is -2.26. The summed E-state index contributed by atoms with van der Waals surface area (Å²) in [7, 11) is 1.98. The third kappa shape index (κ3) is 4.79. The highest BCUT2D eigenvalue weighted by atomic mass is 32.1. The number of para-hydroxylation sites is 1. The van der Waals surface area contributed by atoms with Gasteiger partial charge in [0.2, 0.25) is 0 Å². The normalized spacial score (nSPS) is 13.2. The predicted octanol–water partition coefficient (Wildman–Crippen LogP) is 4.05. The van der Waals surface area contributed by atoms with Crippen molar-refractivity contribution in [2.45, 2.75) is 13.0 Å². The number of pyridine rings is 1. The maximum absolute atomic E-state index is 13.2.